The average molecular weight is 486 g/mol. The number of nitrogens with one attached hydrogen (secondary N) is 1. The van der Waals surface area contributed by atoms with E-state index in [0.717, 1.165) is 62.7 Å². The number of aromatic nitrogens is 4. The molecule has 0 saturated carbocycles. The van der Waals surface area contributed by atoms with Crippen LogP contribution in [-0.2, 0) is 17.8 Å². The van der Waals surface area contributed by atoms with E-state index in [1.807, 2.05) is 0 Å². The van der Waals surface area contributed by atoms with Crippen LogP contribution in [0.15, 0.2) is 24.4 Å². The Labute approximate surface area is 207 Å². The molecule has 0 atom stereocenters. The van der Waals surface area contributed by atoms with Gasteiger partial charge in [-0.25, -0.2) is 4.98 Å². The number of anilines is 2. The SMILES string of the molecule is CC(C)CCCO.COc1cc(CNC2CCOCC2)ccc1Cn1ncc2nc(N)nc(N)c21. The molecule has 0 amide bonds. The third-order valence-corrected chi connectivity index (χ3v) is 5.96. The number of nitrogens with zero attached hydrogens (tertiary/aromatic N) is 4. The molecule has 192 valence electrons. The van der Waals surface area contributed by atoms with Gasteiger partial charge in [-0.3, -0.25) is 4.68 Å². The van der Waals surface area contributed by atoms with Gasteiger partial charge in [-0.1, -0.05) is 26.0 Å². The Morgan fingerprint density at radius 1 is 1.23 bits per heavy atom. The van der Waals surface area contributed by atoms with Crippen LogP contribution >= 0.6 is 0 Å². The predicted molar refractivity (Wildman–Crippen MR) is 138 cm³/mol. The summed E-state index contributed by atoms with van der Waals surface area (Å²) in [5.74, 6) is 2.01. The van der Waals surface area contributed by atoms with Crippen LogP contribution < -0.4 is 21.5 Å². The molecule has 1 saturated heterocycles. The molecule has 10 nitrogen and oxygen atoms in total. The number of ether oxygens (including phenoxy) is 2. The highest BCUT2D eigenvalue weighted by Gasteiger charge is 2.15. The summed E-state index contributed by atoms with van der Waals surface area (Å²) in [6, 6.07) is 6.73. The van der Waals surface area contributed by atoms with Crippen LogP contribution in [-0.4, -0.2) is 57.8 Å². The van der Waals surface area contributed by atoms with Crippen LogP contribution in [0.4, 0.5) is 11.8 Å². The van der Waals surface area contributed by atoms with Gasteiger partial charge >= 0.3 is 0 Å². The van der Waals surface area contributed by atoms with Crippen molar-refractivity contribution >= 4 is 22.8 Å². The van der Waals surface area contributed by atoms with Crippen LogP contribution in [0.25, 0.3) is 11.0 Å². The van der Waals surface area contributed by atoms with Crippen LogP contribution in [0.1, 0.15) is 50.7 Å². The minimum Gasteiger partial charge on any atom is -0.496 e. The first-order chi connectivity index (χ1) is 16.9. The highest BCUT2D eigenvalue weighted by Crippen LogP contribution is 2.25. The topological polar surface area (TPSA) is 146 Å². The summed E-state index contributed by atoms with van der Waals surface area (Å²) in [6.45, 7) is 7.62. The van der Waals surface area contributed by atoms with Gasteiger partial charge in [-0.05, 0) is 43.2 Å². The lowest BCUT2D eigenvalue weighted by Crippen LogP contribution is -2.34. The molecule has 0 spiro atoms. The van der Waals surface area contributed by atoms with Crippen LogP contribution in [0, 0.1) is 5.92 Å². The maximum atomic E-state index is 8.32. The number of rotatable bonds is 9. The molecule has 1 aliphatic heterocycles. The van der Waals surface area contributed by atoms with E-state index < -0.39 is 0 Å². The number of benzene rings is 1. The highest BCUT2D eigenvalue weighted by atomic mass is 16.5. The Bertz CT molecular complexity index is 1060. The minimum atomic E-state index is 0.142. The molecule has 1 fully saturated rings. The highest BCUT2D eigenvalue weighted by molar-refractivity contribution is 5.85. The first-order valence-electron chi connectivity index (χ1n) is 12.2. The third-order valence-electron chi connectivity index (χ3n) is 5.96. The van der Waals surface area contributed by atoms with Gasteiger partial charge in [0.15, 0.2) is 5.82 Å². The van der Waals surface area contributed by atoms with E-state index in [1.54, 1.807) is 18.0 Å². The lowest BCUT2D eigenvalue weighted by molar-refractivity contribution is 0.0776. The summed E-state index contributed by atoms with van der Waals surface area (Å²) in [5.41, 5.74) is 15.1. The number of aliphatic hydroxyl groups excluding tert-OH is 1. The Balaban J connectivity index is 0.000000429. The molecule has 0 unspecified atom stereocenters. The molecule has 35 heavy (non-hydrogen) atoms. The lowest BCUT2D eigenvalue weighted by Gasteiger charge is -2.23. The van der Waals surface area contributed by atoms with Gasteiger partial charge in [0.05, 0.1) is 19.9 Å². The largest absolute Gasteiger partial charge is 0.496 e. The Hall–Kier alpha value is -2.95. The predicted octanol–water partition coefficient (Wildman–Crippen LogP) is 2.73. The van der Waals surface area contributed by atoms with Crippen LogP contribution in [0.3, 0.4) is 0 Å². The van der Waals surface area contributed by atoms with Crippen molar-refractivity contribution < 1.29 is 14.6 Å². The molecular formula is C25H39N7O3. The molecule has 0 aliphatic carbocycles. The van der Waals surface area contributed by atoms with E-state index >= 15 is 0 Å². The summed E-state index contributed by atoms with van der Waals surface area (Å²) in [6.07, 6.45) is 5.85. The fourth-order valence-corrected chi connectivity index (χ4v) is 4.02. The number of hydrogen-bond acceptors (Lipinski definition) is 9. The number of methoxy groups -OCH3 is 1. The second kappa shape index (κ2) is 13.2. The number of nitrogen functional groups attached to an aromatic ring is 2. The van der Waals surface area contributed by atoms with Crippen molar-refractivity contribution in [2.45, 2.75) is 58.7 Å². The van der Waals surface area contributed by atoms with Gasteiger partial charge < -0.3 is 31.4 Å². The van der Waals surface area contributed by atoms with Gasteiger partial charge in [0.25, 0.3) is 0 Å². The molecule has 2 aromatic heterocycles. The molecule has 0 radical (unpaired) electrons. The number of nitrogens with two attached hydrogens (primary N) is 2. The number of hydrogen-bond donors (Lipinski definition) is 4. The molecule has 6 N–H and O–H groups in total. The fraction of sp³-hybridized carbons (Fsp3) is 0.560. The zero-order valence-corrected chi connectivity index (χ0v) is 21.0. The molecule has 3 aromatic rings. The van der Waals surface area contributed by atoms with E-state index in [4.69, 9.17) is 26.0 Å². The van der Waals surface area contributed by atoms with Crippen molar-refractivity contribution in [2.24, 2.45) is 5.92 Å². The van der Waals surface area contributed by atoms with Crippen molar-refractivity contribution in [1.82, 2.24) is 25.1 Å². The summed E-state index contributed by atoms with van der Waals surface area (Å²) >= 11 is 0. The summed E-state index contributed by atoms with van der Waals surface area (Å²) < 4.78 is 12.8. The first-order valence-corrected chi connectivity index (χ1v) is 12.2. The van der Waals surface area contributed by atoms with Gasteiger partial charge in [0, 0.05) is 38.0 Å². The third kappa shape index (κ3) is 7.78. The molecular weight excluding hydrogens is 446 g/mol. The Morgan fingerprint density at radius 2 is 2.00 bits per heavy atom. The van der Waals surface area contributed by atoms with E-state index in [-0.39, 0.29) is 5.95 Å². The zero-order chi connectivity index (χ0) is 25.2. The molecule has 1 aromatic carbocycles. The van der Waals surface area contributed by atoms with E-state index in [1.165, 1.54) is 5.56 Å². The summed E-state index contributed by atoms with van der Waals surface area (Å²) in [4.78, 5) is 8.22. The maximum absolute atomic E-state index is 8.32. The quantitative estimate of drug-likeness (QED) is 0.359. The minimum absolute atomic E-state index is 0.142. The second-order valence-electron chi connectivity index (χ2n) is 9.18. The van der Waals surface area contributed by atoms with Crippen LogP contribution in [0.5, 0.6) is 5.75 Å². The summed E-state index contributed by atoms with van der Waals surface area (Å²) in [5, 5.41) is 16.3. The van der Waals surface area contributed by atoms with Gasteiger partial charge in [0.1, 0.15) is 16.8 Å². The average Bonchev–Trinajstić information content (AvgIpc) is 3.25. The zero-order valence-electron chi connectivity index (χ0n) is 21.0. The standard InChI is InChI=1S/C19H25N7O2.C6H14O/c1-27-16-8-12(9-22-14-4-6-28-7-5-14)2-3-13(16)11-26-17-15(10-23-26)24-19(21)25-18(17)20;1-6(2)4-3-5-7/h2-3,8,10,14,22H,4-7,9,11H2,1H3,(H4,20,21,24,25);6-7H,3-5H2,1-2H3. The molecule has 3 heterocycles. The number of fused-ring (bicyclic) bond motifs is 1. The van der Waals surface area contributed by atoms with Gasteiger partial charge in [-0.2, -0.15) is 10.1 Å². The van der Waals surface area contributed by atoms with Crippen molar-refractivity contribution in [2.75, 3.05) is 38.4 Å². The van der Waals surface area contributed by atoms with E-state index in [0.29, 0.717) is 36.0 Å². The second-order valence-corrected chi connectivity index (χ2v) is 9.18. The lowest BCUT2D eigenvalue weighted by atomic mass is 10.1. The van der Waals surface area contributed by atoms with Crippen molar-refractivity contribution in [1.29, 1.82) is 0 Å². The van der Waals surface area contributed by atoms with Crippen molar-refractivity contribution in [3.05, 3.63) is 35.5 Å². The Morgan fingerprint density at radius 3 is 2.66 bits per heavy atom. The maximum Gasteiger partial charge on any atom is 0.222 e. The van der Waals surface area contributed by atoms with E-state index in [9.17, 15) is 0 Å². The monoisotopic (exact) mass is 485 g/mol. The normalized spacial score (nSPS) is 14.2. The van der Waals surface area contributed by atoms with Gasteiger partial charge in [0.2, 0.25) is 5.95 Å². The number of aliphatic hydroxyl groups is 1. The van der Waals surface area contributed by atoms with Crippen LogP contribution in [0.2, 0.25) is 0 Å². The fourth-order valence-electron chi connectivity index (χ4n) is 4.02. The smallest absolute Gasteiger partial charge is 0.222 e. The van der Waals surface area contributed by atoms with Crippen molar-refractivity contribution in [3.63, 3.8) is 0 Å². The molecule has 10 heteroatoms. The molecule has 0 bridgehead atoms. The molecule has 1 aliphatic rings. The van der Waals surface area contributed by atoms with Gasteiger partial charge in [-0.15, -0.1) is 0 Å². The summed E-state index contributed by atoms with van der Waals surface area (Å²) in [7, 11) is 1.67. The first kappa shape index (κ1) is 26.7. The van der Waals surface area contributed by atoms with Crippen molar-refractivity contribution in [3.8, 4) is 5.75 Å². The van der Waals surface area contributed by atoms with E-state index in [2.05, 4.69) is 52.4 Å². The Kier molecular flexibility index (Phi) is 10.1. The molecule has 4 rings (SSSR count).